The van der Waals surface area contributed by atoms with Gasteiger partial charge < -0.3 is 0 Å². The lowest BCUT2D eigenvalue weighted by atomic mass is 9.97. The molecule has 0 radical (unpaired) electrons. The van der Waals surface area contributed by atoms with Crippen LogP contribution in [0.2, 0.25) is 0 Å². The van der Waals surface area contributed by atoms with Crippen LogP contribution in [0.25, 0.3) is 10.2 Å². The van der Waals surface area contributed by atoms with E-state index < -0.39 is 0 Å². The van der Waals surface area contributed by atoms with Gasteiger partial charge in [-0.1, -0.05) is 29.8 Å². The van der Waals surface area contributed by atoms with E-state index in [2.05, 4.69) is 10.1 Å². The van der Waals surface area contributed by atoms with Gasteiger partial charge in [0.05, 0.1) is 11.6 Å². The second-order valence-electron chi connectivity index (χ2n) is 5.94. The summed E-state index contributed by atoms with van der Waals surface area (Å²) in [7, 11) is 0. The Kier molecular flexibility index (Phi) is 3.58. The summed E-state index contributed by atoms with van der Waals surface area (Å²) in [5.41, 5.74) is 3.31. The highest BCUT2D eigenvalue weighted by atomic mass is 32.1. The molecule has 0 fully saturated rings. The van der Waals surface area contributed by atoms with Crippen LogP contribution < -0.4 is 5.56 Å². The summed E-state index contributed by atoms with van der Waals surface area (Å²) in [4.78, 5) is 19.4. The van der Waals surface area contributed by atoms with Crippen molar-refractivity contribution in [3.8, 4) is 0 Å². The van der Waals surface area contributed by atoms with E-state index in [9.17, 15) is 4.79 Å². The molecule has 0 saturated heterocycles. The van der Waals surface area contributed by atoms with Crippen LogP contribution in [-0.4, -0.2) is 15.9 Å². The quantitative estimate of drug-likeness (QED) is 0.677. The molecule has 0 atom stereocenters. The molecule has 4 rings (SSSR count). The predicted molar refractivity (Wildman–Crippen MR) is 94.7 cm³/mol. The molecule has 0 unspecified atom stereocenters. The fourth-order valence-electron chi connectivity index (χ4n) is 3.00. The normalized spacial score (nSPS) is 14.5. The molecule has 0 bridgehead atoms. The van der Waals surface area contributed by atoms with E-state index in [0.717, 1.165) is 35.0 Å². The molecule has 116 valence electrons. The molecule has 2 heterocycles. The zero-order valence-electron chi connectivity index (χ0n) is 13.0. The Hall–Kier alpha value is -2.27. The Bertz CT molecular complexity index is 951. The first kappa shape index (κ1) is 14.3. The Labute approximate surface area is 138 Å². The maximum atomic E-state index is 12.8. The zero-order valence-corrected chi connectivity index (χ0v) is 13.8. The van der Waals surface area contributed by atoms with Crippen molar-refractivity contribution in [1.29, 1.82) is 0 Å². The molecule has 0 amide bonds. The number of rotatable bonds is 2. The number of benzene rings is 1. The van der Waals surface area contributed by atoms with E-state index >= 15 is 0 Å². The SMILES string of the molecule is Cc1ccc(/C=N\n2cnc3sc4c(c3c2=O)CCCC4)cc1. The molecule has 0 saturated carbocycles. The third-order valence-electron chi connectivity index (χ3n) is 4.27. The third kappa shape index (κ3) is 2.61. The van der Waals surface area contributed by atoms with Gasteiger partial charge in [0.2, 0.25) is 0 Å². The second kappa shape index (κ2) is 5.74. The van der Waals surface area contributed by atoms with Gasteiger partial charge in [0, 0.05) is 4.88 Å². The van der Waals surface area contributed by atoms with E-state index in [0.29, 0.717) is 0 Å². The van der Waals surface area contributed by atoms with Gasteiger partial charge in [0.1, 0.15) is 11.2 Å². The Morgan fingerprint density at radius 1 is 1.22 bits per heavy atom. The molecule has 4 nitrogen and oxygen atoms in total. The number of fused-ring (bicyclic) bond motifs is 3. The minimum Gasteiger partial charge on any atom is -0.267 e. The number of hydrogen-bond acceptors (Lipinski definition) is 4. The van der Waals surface area contributed by atoms with Crippen LogP contribution in [0.1, 0.15) is 34.4 Å². The van der Waals surface area contributed by atoms with Crippen molar-refractivity contribution in [2.24, 2.45) is 5.10 Å². The van der Waals surface area contributed by atoms with Gasteiger partial charge in [-0.3, -0.25) is 4.79 Å². The number of thiophene rings is 1. The minimum atomic E-state index is -0.0576. The third-order valence-corrected chi connectivity index (χ3v) is 5.47. The van der Waals surface area contributed by atoms with Gasteiger partial charge in [0.25, 0.3) is 5.56 Å². The van der Waals surface area contributed by atoms with Gasteiger partial charge >= 0.3 is 0 Å². The van der Waals surface area contributed by atoms with Crippen LogP contribution in [0.4, 0.5) is 0 Å². The van der Waals surface area contributed by atoms with Gasteiger partial charge in [-0.2, -0.15) is 9.78 Å². The first-order chi connectivity index (χ1) is 11.2. The molecule has 0 N–H and O–H groups in total. The van der Waals surface area contributed by atoms with Crippen LogP contribution in [0, 0.1) is 6.92 Å². The van der Waals surface area contributed by atoms with Crippen molar-refractivity contribution in [2.45, 2.75) is 32.6 Å². The molecule has 0 spiro atoms. The molecule has 1 aromatic carbocycles. The topological polar surface area (TPSA) is 47.2 Å². The molecule has 23 heavy (non-hydrogen) atoms. The standard InChI is InChI=1S/C18H17N3OS/c1-12-6-8-13(9-7-12)10-20-21-11-19-17-16(18(21)22)14-4-2-3-5-15(14)23-17/h6-11H,2-5H2,1H3/b20-10-. The summed E-state index contributed by atoms with van der Waals surface area (Å²) in [6.07, 6.45) is 7.64. The van der Waals surface area contributed by atoms with Crippen LogP contribution in [0.3, 0.4) is 0 Å². The Morgan fingerprint density at radius 3 is 2.83 bits per heavy atom. The van der Waals surface area contributed by atoms with Crippen LogP contribution in [-0.2, 0) is 12.8 Å². The summed E-state index contributed by atoms with van der Waals surface area (Å²) in [5.74, 6) is 0. The van der Waals surface area contributed by atoms with Crippen molar-refractivity contribution >= 4 is 27.8 Å². The average Bonchev–Trinajstić information content (AvgIpc) is 2.95. The highest BCUT2D eigenvalue weighted by Crippen LogP contribution is 2.33. The first-order valence-corrected chi connectivity index (χ1v) is 8.67. The summed E-state index contributed by atoms with van der Waals surface area (Å²) < 4.78 is 1.35. The lowest BCUT2D eigenvalue weighted by Crippen LogP contribution is -2.18. The van der Waals surface area contributed by atoms with Gasteiger partial charge in [-0.25, -0.2) is 4.98 Å². The van der Waals surface area contributed by atoms with Gasteiger partial charge in [-0.15, -0.1) is 11.3 Å². The first-order valence-electron chi connectivity index (χ1n) is 7.85. The fourth-order valence-corrected chi connectivity index (χ4v) is 4.22. The lowest BCUT2D eigenvalue weighted by Gasteiger charge is -2.09. The number of nitrogens with zero attached hydrogens (tertiary/aromatic N) is 3. The van der Waals surface area contributed by atoms with Crippen molar-refractivity contribution in [2.75, 3.05) is 0 Å². The van der Waals surface area contributed by atoms with E-state index in [4.69, 9.17) is 0 Å². The highest BCUT2D eigenvalue weighted by molar-refractivity contribution is 7.18. The summed E-state index contributed by atoms with van der Waals surface area (Å²) in [5, 5.41) is 5.08. The predicted octanol–water partition coefficient (Wildman–Crippen LogP) is 3.53. The molecular weight excluding hydrogens is 306 g/mol. The Morgan fingerprint density at radius 2 is 2.00 bits per heavy atom. The monoisotopic (exact) mass is 323 g/mol. The highest BCUT2D eigenvalue weighted by Gasteiger charge is 2.19. The molecule has 2 aromatic heterocycles. The van der Waals surface area contributed by atoms with E-state index in [1.54, 1.807) is 17.6 Å². The maximum Gasteiger partial charge on any atom is 0.282 e. The fraction of sp³-hybridized carbons (Fsp3) is 0.278. The molecule has 1 aliphatic rings. The lowest BCUT2D eigenvalue weighted by molar-refractivity contribution is 0.699. The number of aryl methyl sites for hydroxylation is 3. The van der Waals surface area contributed by atoms with Crippen molar-refractivity contribution in [3.63, 3.8) is 0 Å². The van der Waals surface area contributed by atoms with Crippen LogP contribution >= 0.6 is 11.3 Å². The molecular formula is C18H17N3OS. The smallest absolute Gasteiger partial charge is 0.267 e. The van der Waals surface area contributed by atoms with Crippen LogP contribution in [0.15, 0.2) is 40.5 Å². The largest absolute Gasteiger partial charge is 0.282 e. The number of hydrogen-bond donors (Lipinski definition) is 0. The summed E-state index contributed by atoms with van der Waals surface area (Å²) in [6, 6.07) is 8.03. The molecule has 0 aliphatic heterocycles. The Balaban J connectivity index is 1.77. The minimum absolute atomic E-state index is 0.0576. The van der Waals surface area contributed by atoms with E-state index in [1.807, 2.05) is 31.2 Å². The van der Waals surface area contributed by atoms with Crippen molar-refractivity contribution in [3.05, 3.63) is 62.5 Å². The summed E-state index contributed by atoms with van der Waals surface area (Å²) in [6.45, 7) is 2.04. The zero-order chi connectivity index (χ0) is 15.8. The van der Waals surface area contributed by atoms with Gasteiger partial charge in [-0.05, 0) is 43.7 Å². The van der Waals surface area contributed by atoms with Crippen molar-refractivity contribution in [1.82, 2.24) is 9.66 Å². The van der Waals surface area contributed by atoms with Gasteiger partial charge in [0.15, 0.2) is 0 Å². The summed E-state index contributed by atoms with van der Waals surface area (Å²) >= 11 is 1.66. The maximum absolute atomic E-state index is 12.8. The average molecular weight is 323 g/mol. The van der Waals surface area contributed by atoms with E-state index in [1.165, 1.54) is 33.4 Å². The van der Waals surface area contributed by atoms with Crippen LogP contribution in [0.5, 0.6) is 0 Å². The molecule has 5 heteroatoms. The van der Waals surface area contributed by atoms with Crippen molar-refractivity contribution < 1.29 is 0 Å². The second-order valence-corrected chi connectivity index (χ2v) is 7.02. The number of aromatic nitrogens is 2. The molecule has 3 aromatic rings. The molecule has 1 aliphatic carbocycles. The van der Waals surface area contributed by atoms with E-state index in [-0.39, 0.29) is 5.56 Å².